The number of aryl methyl sites for hydroxylation is 2. The zero-order valence-corrected chi connectivity index (χ0v) is 20.6. The highest BCUT2D eigenvalue weighted by Gasteiger charge is 2.27. The lowest BCUT2D eigenvalue weighted by molar-refractivity contribution is -0.922. The lowest BCUT2D eigenvalue weighted by Gasteiger charge is -2.37. The van der Waals surface area contributed by atoms with Crippen LogP contribution in [0.4, 0.5) is 11.5 Å². The summed E-state index contributed by atoms with van der Waals surface area (Å²) >= 11 is 8.16. The van der Waals surface area contributed by atoms with E-state index < -0.39 is 0 Å². The summed E-state index contributed by atoms with van der Waals surface area (Å²) in [6.45, 7) is 8.51. The summed E-state index contributed by atoms with van der Waals surface area (Å²) in [7, 11) is 0. The third-order valence-corrected chi connectivity index (χ3v) is 8.62. The van der Waals surface area contributed by atoms with E-state index in [1.807, 2.05) is 23.5 Å². The van der Waals surface area contributed by atoms with E-state index in [0.29, 0.717) is 0 Å². The number of anilines is 2. The van der Waals surface area contributed by atoms with Gasteiger partial charge in [-0.1, -0.05) is 17.7 Å². The number of nitrogens with zero attached hydrogens (tertiary/aromatic N) is 4. The van der Waals surface area contributed by atoms with Crippen LogP contribution in [0.3, 0.4) is 0 Å². The second kappa shape index (κ2) is 9.37. The predicted molar refractivity (Wildman–Crippen MR) is 135 cm³/mol. The predicted octanol–water partition coefficient (Wildman–Crippen LogP) is 2.97. The van der Waals surface area contributed by atoms with Gasteiger partial charge in [-0.2, -0.15) is 0 Å². The van der Waals surface area contributed by atoms with E-state index in [0.717, 1.165) is 69.9 Å². The molecule has 1 N–H and O–H groups in total. The van der Waals surface area contributed by atoms with E-state index in [4.69, 9.17) is 26.3 Å². The van der Waals surface area contributed by atoms with Gasteiger partial charge in [0.25, 0.3) is 0 Å². The molecular weight excluding hydrogens is 454 g/mol. The monoisotopic (exact) mass is 484 g/mol. The maximum Gasteiger partial charge on any atom is 0.187 e. The Labute approximate surface area is 204 Å². The molecule has 2 aliphatic heterocycles. The molecule has 2 aromatic heterocycles. The van der Waals surface area contributed by atoms with Crippen LogP contribution in [0.5, 0.6) is 0 Å². The molecule has 0 unspecified atom stereocenters. The number of benzene rings is 1. The molecule has 4 heterocycles. The van der Waals surface area contributed by atoms with E-state index in [9.17, 15) is 0 Å². The first kappa shape index (κ1) is 21.6. The van der Waals surface area contributed by atoms with Crippen molar-refractivity contribution in [2.24, 2.45) is 0 Å². The lowest BCUT2D eigenvalue weighted by Crippen LogP contribution is -3.12. The van der Waals surface area contributed by atoms with Gasteiger partial charge < -0.3 is 19.4 Å². The molecule has 6 rings (SSSR count). The molecule has 0 saturated carbocycles. The molecule has 0 bridgehead atoms. The maximum absolute atomic E-state index is 6.24. The molecule has 2 fully saturated rings. The summed E-state index contributed by atoms with van der Waals surface area (Å²) in [6.07, 6.45) is 4.94. The quantitative estimate of drug-likeness (QED) is 0.617. The van der Waals surface area contributed by atoms with Gasteiger partial charge >= 0.3 is 0 Å². The molecule has 6 nitrogen and oxygen atoms in total. The number of piperazine rings is 1. The van der Waals surface area contributed by atoms with Crippen molar-refractivity contribution in [2.45, 2.75) is 32.2 Å². The molecule has 8 heteroatoms. The molecule has 0 spiro atoms. The van der Waals surface area contributed by atoms with Gasteiger partial charge in [0, 0.05) is 41.8 Å². The number of quaternary nitrogens is 1. The number of aromatic nitrogens is 2. The first-order valence-corrected chi connectivity index (χ1v) is 13.4. The Morgan fingerprint density at radius 1 is 1.00 bits per heavy atom. The fraction of sp³-hybridized carbons (Fsp3) is 0.520. The SMILES string of the molecule is Clc1cccc(N2CCN(c3nc(C[NH+]4CCOCC4)nc4sc5c(c34)CCCC5)CC2)c1. The van der Waals surface area contributed by atoms with Gasteiger partial charge in [-0.05, 0) is 49.4 Å². The van der Waals surface area contributed by atoms with Gasteiger partial charge in [-0.25, -0.2) is 9.97 Å². The average Bonchev–Trinajstić information content (AvgIpc) is 3.23. The molecule has 1 aliphatic carbocycles. The van der Waals surface area contributed by atoms with Crippen molar-refractivity contribution >= 4 is 44.7 Å². The minimum absolute atomic E-state index is 0.799. The molecule has 174 valence electrons. The van der Waals surface area contributed by atoms with Crippen molar-refractivity contribution in [1.29, 1.82) is 0 Å². The highest BCUT2D eigenvalue weighted by atomic mass is 35.5. The summed E-state index contributed by atoms with van der Waals surface area (Å²) in [5.74, 6) is 2.16. The van der Waals surface area contributed by atoms with Gasteiger partial charge in [-0.3, -0.25) is 0 Å². The minimum Gasteiger partial charge on any atom is -0.370 e. The third-order valence-electron chi connectivity index (χ3n) is 7.20. The molecule has 1 aromatic carbocycles. The van der Waals surface area contributed by atoms with Gasteiger partial charge in [0.15, 0.2) is 5.82 Å². The Morgan fingerprint density at radius 2 is 1.79 bits per heavy atom. The molecule has 3 aromatic rings. The Kier molecular flexibility index (Phi) is 6.13. The number of hydrogen-bond donors (Lipinski definition) is 1. The van der Waals surface area contributed by atoms with E-state index in [1.165, 1.54) is 57.9 Å². The smallest absolute Gasteiger partial charge is 0.187 e. The van der Waals surface area contributed by atoms with Crippen molar-refractivity contribution in [2.75, 3.05) is 62.3 Å². The minimum atomic E-state index is 0.799. The summed E-state index contributed by atoms with van der Waals surface area (Å²) in [5.41, 5.74) is 2.73. The van der Waals surface area contributed by atoms with Crippen LogP contribution in [0.1, 0.15) is 29.1 Å². The van der Waals surface area contributed by atoms with Crippen molar-refractivity contribution in [3.05, 3.63) is 45.6 Å². The highest BCUT2D eigenvalue weighted by Crippen LogP contribution is 2.40. The summed E-state index contributed by atoms with van der Waals surface area (Å²) in [4.78, 5) is 19.5. The largest absolute Gasteiger partial charge is 0.370 e. The summed E-state index contributed by atoms with van der Waals surface area (Å²) in [6, 6.07) is 8.20. The highest BCUT2D eigenvalue weighted by molar-refractivity contribution is 7.19. The third kappa shape index (κ3) is 4.44. The first-order valence-electron chi connectivity index (χ1n) is 12.2. The zero-order chi connectivity index (χ0) is 22.2. The second-order valence-electron chi connectivity index (χ2n) is 9.35. The zero-order valence-electron chi connectivity index (χ0n) is 19.0. The number of ether oxygens (including phenoxy) is 1. The first-order chi connectivity index (χ1) is 16.2. The van der Waals surface area contributed by atoms with E-state index in [1.54, 1.807) is 4.88 Å². The fourth-order valence-corrected chi connectivity index (χ4v) is 6.86. The molecule has 3 aliphatic rings. The Hall–Kier alpha value is -1.93. The number of nitrogens with one attached hydrogen (secondary N) is 1. The lowest BCUT2D eigenvalue weighted by atomic mass is 9.97. The Morgan fingerprint density at radius 3 is 2.61 bits per heavy atom. The van der Waals surface area contributed by atoms with Crippen LogP contribution in [0.15, 0.2) is 24.3 Å². The number of hydrogen-bond acceptors (Lipinski definition) is 6. The van der Waals surface area contributed by atoms with Gasteiger partial charge in [0.1, 0.15) is 30.3 Å². The van der Waals surface area contributed by atoms with Gasteiger partial charge in [-0.15, -0.1) is 11.3 Å². The van der Waals surface area contributed by atoms with Crippen LogP contribution in [-0.2, 0) is 24.1 Å². The number of morpholine rings is 1. The topological polar surface area (TPSA) is 45.9 Å². The molecule has 0 atom stereocenters. The summed E-state index contributed by atoms with van der Waals surface area (Å²) < 4.78 is 5.55. The van der Waals surface area contributed by atoms with Crippen LogP contribution in [0, 0.1) is 0 Å². The second-order valence-corrected chi connectivity index (χ2v) is 10.9. The van der Waals surface area contributed by atoms with Gasteiger partial charge in [0.2, 0.25) is 0 Å². The number of halogens is 1. The van der Waals surface area contributed by atoms with Crippen molar-refractivity contribution in [1.82, 2.24) is 9.97 Å². The number of rotatable bonds is 4. The van der Waals surface area contributed by atoms with Crippen LogP contribution >= 0.6 is 22.9 Å². The number of thiophene rings is 1. The molecule has 0 radical (unpaired) electrons. The summed E-state index contributed by atoms with van der Waals surface area (Å²) in [5, 5.41) is 2.14. The maximum atomic E-state index is 6.24. The normalized spacial score (nSPS) is 19.8. The molecule has 0 amide bonds. The van der Waals surface area contributed by atoms with Crippen LogP contribution < -0.4 is 14.7 Å². The molecule has 2 saturated heterocycles. The van der Waals surface area contributed by atoms with Crippen LogP contribution in [-0.4, -0.2) is 62.5 Å². The van der Waals surface area contributed by atoms with Crippen LogP contribution in [0.2, 0.25) is 5.02 Å². The van der Waals surface area contributed by atoms with Gasteiger partial charge in [0.05, 0.1) is 18.6 Å². The number of fused-ring (bicyclic) bond motifs is 3. The van der Waals surface area contributed by atoms with E-state index >= 15 is 0 Å². The Bertz CT molecular complexity index is 1140. The molecule has 33 heavy (non-hydrogen) atoms. The fourth-order valence-electron chi connectivity index (χ4n) is 5.40. The molecular formula is C25H31ClN5OS+. The standard InChI is InChI=1S/C25H30ClN5OS/c26-18-4-3-5-19(16-18)30-8-10-31(11-9-30)24-23-20-6-1-2-7-21(20)33-25(23)28-22(27-24)17-29-12-14-32-15-13-29/h3-5,16H,1-2,6-15,17H2/p+1. The average molecular weight is 485 g/mol. The van der Waals surface area contributed by atoms with Crippen molar-refractivity contribution in [3.63, 3.8) is 0 Å². The Balaban J connectivity index is 1.31. The van der Waals surface area contributed by atoms with Crippen LogP contribution in [0.25, 0.3) is 10.2 Å². The van der Waals surface area contributed by atoms with Crippen molar-refractivity contribution in [3.8, 4) is 0 Å². The van der Waals surface area contributed by atoms with E-state index in [-0.39, 0.29) is 0 Å². The van der Waals surface area contributed by atoms with Crippen molar-refractivity contribution < 1.29 is 9.64 Å². The van der Waals surface area contributed by atoms with E-state index in [2.05, 4.69) is 21.9 Å².